The molecule has 0 aliphatic carbocycles. The number of aromatic nitrogens is 2. The summed E-state index contributed by atoms with van der Waals surface area (Å²) in [5.41, 5.74) is 2.67. The van der Waals surface area contributed by atoms with E-state index < -0.39 is 0 Å². The van der Waals surface area contributed by atoms with Crippen LogP contribution in [0.15, 0.2) is 30.6 Å². The van der Waals surface area contributed by atoms with Crippen LogP contribution in [0, 0.1) is 17.0 Å². The molecule has 1 aromatic carbocycles. The molecule has 0 bridgehead atoms. The zero-order chi connectivity index (χ0) is 14.7. The minimum absolute atomic E-state index is 0.0463. The Hall–Kier alpha value is -1.88. The van der Waals surface area contributed by atoms with Gasteiger partial charge in [-0.25, -0.2) is 0 Å². The van der Waals surface area contributed by atoms with E-state index >= 15 is 0 Å². The Balaban J connectivity index is 2.24. The molecule has 1 heterocycles. The lowest BCUT2D eigenvalue weighted by atomic mass is 10.1. The Morgan fingerprint density at radius 1 is 1.50 bits per heavy atom. The Bertz CT molecular complexity index is 625. The van der Waals surface area contributed by atoms with Crippen molar-refractivity contribution in [3.8, 4) is 0 Å². The summed E-state index contributed by atoms with van der Waals surface area (Å²) >= 11 is 6.16. The van der Waals surface area contributed by atoms with Crippen LogP contribution in [0.3, 0.4) is 0 Å². The Morgan fingerprint density at radius 2 is 2.25 bits per heavy atom. The fourth-order valence-electron chi connectivity index (χ4n) is 2.08. The van der Waals surface area contributed by atoms with Crippen LogP contribution in [0.4, 0.5) is 5.69 Å². The predicted octanol–water partition coefficient (Wildman–Crippen LogP) is 3.84. The second-order valence-electron chi connectivity index (χ2n) is 4.67. The van der Waals surface area contributed by atoms with E-state index in [4.69, 9.17) is 11.6 Å². The van der Waals surface area contributed by atoms with E-state index in [1.807, 2.05) is 19.2 Å². The molecule has 106 valence electrons. The average Bonchev–Trinajstić information content (AvgIpc) is 2.88. The summed E-state index contributed by atoms with van der Waals surface area (Å²) in [6, 6.07) is 5.09. The molecule has 0 aliphatic rings. The molecule has 0 aliphatic heterocycles. The van der Waals surface area contributed by atoms with Crippen molar-refractivity contribution >= 4 is 17.3 Å². The van der Waals surface area contributed by atoms with Gasteiger partial charge in [0.2, 0.25) is 0 Å². The SMILES string of the molecule is CCC(Cl)c1cnn(Cc2cccc([N+](=O)[O-])c2C)c1. The normalized spacial score (nSPS) is 12.3. The van der Waals surface area contributed by atoms with Gasteiger partial charge in [-0.05, 0) is 18.9 Å². The largest absolute Gasteiger partial charge is 0.272 e. The number of benzene rings is 1. The monoisotopic (exact) mass is 293 g/mol. The molecule has 0 amide bonds. The second-order valence-corrected chi connectivity index (χ2v) is 5.19. The van der Waals surface area contributed by atoms with E-state index in [-0.39, 0.29) is 16.0 Å². The third-order valence-corrected chi connectivity index (χ3v) is 3.88. The molecule has 2 rings (SSSR count). The van der Waals surface area contributed by atoms with Gasteiger partial charge in [0.1, 0.15) is 0 Å². The lowest BCUT2D eigenvalue weighted by Gasteiger charge is -2.06. The highest BCUT2D eigenvalue weighted by atomic mass is 35.5. The highest BCUT2D eigenvalue weighted by Gasteiger charge is 2.14. The molecule has 6 heteroatoms. The second kappa shape index (κ2) is 6.05. The minimum Gasteiger partial charge on any atom is -0.268 e. The van der Waals surface area contributed by atoms with E-state index in [9.17, 15) is 10.1 Å². The van der Waals surface area contributed by atoms with Crippen LogP contribution in [0.25, 0.3) is 0 Å². The molecule has 5 nitrogen and oxygen atoms in total. The summed E-state index contributed by atoms with van der Waals surface area (Å²) in [6.07, 6.45) is 4.47. The predicted molar refractivity (Wildman–Crippen MR) is 78.0 cm³/mol. The first-order chi connectivity index (χ1) is 9.52. The quantitative estimate of drug-likeness (QED) is 0.478. The molecule has 0 saturated heterocycles. The number of hydrogen-bond acceptors (Lipinski definition) is 3. The summed E-state index contributed by atoms with van der Waals surface area (Å²) in [5, 5.41) is 15.1. The van der Waals surface area contributed by atoms with Crippen molar-refractivity contribution in [3.05, 3.63) is 57.4 Å². The van der Waals surface area contributed by atoms with Crippen molar-refractivity contribution in [2.24, 2.45) is 0 Å². The standard InChI is InChI=1S/C14H16ClN3O2/c1-3-13(15)12-7-16-17(9-12)8-11-5-4-6-14(10(11)2)18(19)20/h4-7,9,13H,3,8H2,1-2H3. The lowest BCUT2D eigenvalue weighted by Crippen LogP contribution is -2.03. The maximum Gasteiger partial charge on any atom is 0.272 e. The molecule has 0 saturated carbocycles. The van der Waals surface area contributed by atoms with Gasteiger partial charge in [0.25, 0.3) is 5.69 Å². The molecule has 0 N–H and O–H groups in total. The third kappa shape index (κ3) is 2.99. The summed E-state index contributed by atoms with van der Waals surface area (Å²) in [6.45, 7) is 4.27. The smallest absolute Gasteiger partial charge is 0.268 e. The summed E-state index contributed by atoms with van der Waals surface area (Å²) in [4.78, 5) is 10.6. The average molecular weight is 294 g/mol. The van der Waals surface area contributed by atoms with Gasteiger partial charge in [-0.1, -0.05) is 19.1 Å². The Labute approximate surface area is 122 Å². The molecule has 1 unspecified atom stereocenters. The van der Waals surface area contributed by atoms with Crippen molar-refractivity contribution < 1.29 is 4.92 Å². The number of nitro groups is 1. The number of nitrogens with zero attached hydrogens (tertiary/aromatic N) is 3. The van der Waals surface area contributed by atoms with E-state index in [2.05, 4.69) is 5.10 Å². The van der Waals surface area contributed by atoms with E-state index in [1.165, 1.54) is 6.07 Å². The van der Waals surface area contributed by atoms with Crippen LogP contribution in [-0.4, -0.2) is 14.7 Å². The molecular weight excluding hydrogens is 278 g/mol. The van der Waals surface area contributed by atoms with Gasteiger partial charge in [0.15, 0.2) is 0 Å². The van der Waals surface area contributed by atoms with E-state index in [1.54, 1.807) is 23.9 Å². The molecular formula is C14H16ClN3O2. The van der Waals surface area contributed by atoms with Crippen molar-refractivity contribution in [1.82, 2.24) is 9.78 Å². The summed E-state index contributed by atoms with van der Waals surface area (Å²) < 4.78 is 1.76. The topological polar surface area (TPSA) is 61.0 Å². The molecule has 2 aromatic rings. The van der Waals surface area contributed by atoms with Crippen molar-refractivity contribution in [3.63, 3.8) is 0 Å². The van der Waals surface area contributed by atoms with Crippen molar-refractivity contribution in [2.45, 2.75) is 32.2 Å². The van der Waals surface area contributed by atoms with Gasteiger partial charge in [-0.2, -0.15) is 5.10 Å². The molecule has 0 radical (unpaired) electrons. The van der Waals surface area contributed by atoms with Gasteiger partial charge in [-0.3, -0.25) is 14.8 Å². The minimum atomic E-state index is -0.362. The van der Waals surface area contributed by atoms with Gasteiger partial charge in [0, 0.05) is 23.4 Å². The lowest BCUT2D eigenvalue weighted by molar-refractivity contribution is -0.385. The van der Waals surface area contributed by atoms with Crippen LogP contribution < -0.4 is 0 Å². The van der Waals surface area contributed by atoms with Crippen molar-refractivity contribution in [1.29, 1.82) is 0 Å². The fraction of sp³-hybridized carbons (Fsp3) is 0.357. The molecule has 0 spiro atoms. The number of rotatable bonds is 5. The molecule has 1 aromatic heterocycles. The van der Waals surface area contributed by atoms with Crippen molar-refractivity contribution in [2.75, 3.05) is 0 Å². The zero-order valence-corrected chi connectivity index (χ0v) is 12.2. The Morgan fingerprint density at radius 3 is 2.90 bits per heavy atom. The van der Waals surface area contributed by atoms with Gasteiger partial charge in [-0.15, -0.1) is 11.6 Å². The maximum atomic E-state index is 10.9. The number of alkyl halides is 1. The van der Waals surface area contributed by atoms with Crippen LogP contribution >= 0.6 is 11.6 Å². The highest BCUT2D eigenvalue weighted by Crippen LogP contribution is 2.24. The molecule has 20 heavy (non-hydrogen) atoms. The number of halogens is 1. The first kappa shape index (κ1) is 14.5. The van der Waals surface area contributed by atoms with Crippen LogP contribution in [0.1, 0.15) is 35.4 Å². The number of nitro benzene ring substituents is 1. The molecule has 1 atom stereocenters. The molecule has 0 fully saturated rings. The maximum absolute atomic E-state index is 10.9. The van der Waals surface area contributed by atoms with Gasteiger partial charge >= 0.3 is 0 Å². The van der Waals surface area contributed by atoms with E-state index in [0.717, 1.165) is 17.5 Å². The van der Waals surface area contributed by atoms with Crippen LogP contribution in [-0.2, 0) is 6.54 Å². The van der Waals surface area contributed by atoms with E-state index in [0.29, 0.717) is 12.1 Å². The van der Waals surface area contributed by atoms with Crippen LogP contribution in [0.5, 0.6) is 0 Å². The van der Waals surface area contributed by atoms with Gasteiger partial charge < -0.3 is 0 Å². The van der Waals surface area contributed by atoms with Gasteiger partial charge in [0.05, 0.1) is 23.0 Å². The zero-order valence-electron chi connectivity index (χ0n) is 11.4. The summed E-state index contributed by atoms with van der Waals surface area (Å²) in [7, 11) is 0. The summed E-state index contributed by atoms with van der Waals surface area (Å²) in [5.74, 6) is 0. The first-order valence-electron chi connectivity index (χ1n) is 6.42. The number of hydrogen-bond donors (Lipinski definition) is 0. The highest BCUT2D eigenvalue weighted by molar-refractivity contribution is 6.20. The third-order valence-electron chi connectivity index (χ3n) is 3.32. The Kier molecular flexibility index (Phi) is 4.39. The first-order valence-corrected chi connectivity index (χ1v) is 6.85. The fourth-order valence-corrected chi connectivity index (χ4v) is 2.19. The van der Waals surface area contributed by atoms with Crippen LogP contribution in [0.2, 0.25) is 0 Å².